The number of pyridine rings is 1. The Bertz CT molecular complexity index is 205. The summed E-state index contributed by atoms with van der Waals surface area (Å²) in [7, 11) is 0. The summed E-state index contributed by atoms with van der Waals surface area (Å²) in [5.41, 5.74) is 0. The smallest absolute Gasteiger partial charge is 0.363 e. The lowest BCUT2D eigenvalue weighted by molar-refractivity contribution is -0.599. The van der Waals surface area contributed by atoms with Crippen LogP contribution < -0.4 is 4.57 Å². The zero-order chi connectivity index (χ0) is 6.69. The van der Waals surface area contributed by atoms with Crippen LogP contribution in [0.15, 0.2) is 37.2 Å². The maximum Gasteiger partial charge on any atom is 0.363 e. The van der Waals surface area contributed by atoms with E-state index in [0.717, 1.165) is 0 Å². The van der Waals surface area contributed by atoms with Crippen LogP contribution in [0.4, 0.5) is 0 Å². The molecule has 1 aromatic rings. The van der Waals surface area contributed by atoms with Gasteiger partial charge in [-0.1, -0.05) is 6.07 Å². The molecule has 0 saturated carbocycles. The van der Waals surface area contributed by atoms with E-state index >= 15 is 0 Å². The van der Waals surface area contributed by atoms with Crippen LogP contribution >= 0.6 is 0 Å². The van der Waals surface area contributed by atoms with E-state index < -0.39 is 0 Å². The molecule has 0 bridgehead atoms. The molecule has 0 unspecified atom stereocenters. The van der Waals surface area contributed by atoms with E-state index in [-0.39, 0.29) is 5.88 Å². The van der Waals surface area contributed by atoms with Crippen molar-refractivity contribution < 1.29 is 9.67 Å². The van der Waals surface area contributed by atoms with E-state index in [2.05, 4.69) is 6.58 Å². The number of nitrogens with zero attached hydrogens (tertiary/aromatic N) is 1. The van der Waals surface area contributed by atoms with Crippen molar-refractivity contribution in [1.82, 2.24) is 0 Å². The van der Waals surface area contributed by atoms with Crippen molar-refractivity contribution in [1.29, 1.82) is 0 Å². The molecule has 1 heterocycles. The van der Waals surface area contributed by atoms with Gasteiger partial charge in [0.2, 0.25) is 0 Å². The second kappa shape index (κ2) is 2.31. The highest BCUT2D eigenvalue weighted by Crippen LogP contribution is 1.81. The molecule has 2 nitrogen and oxygen atoms in total. The number of hydrogen-bond acceptors (Lipinski definition) is 1. The summed E-state index contributed by atoms with van der Waals surface area (Å²) >= 11 is 0. The highest BCUT2D eigenvalue weighted by atomic mass is 16.3. The molecule has 0 aliphatic rings. The molecule has 0 amide bonds. The van der Waals surface area contributed by atoms with E-state index in [4.69, 9.17) is 5.11 Å². The van der Waals surface area contributed by atoms with Crippen molar-refractivity contribution in [2.45, 2.75) is 0 Å². The van der Waals surface area contributed by atoms with Gasteiger partial charge in [-0.25, -0.2) is 0 Å². The van der Waals surface area contributed by atoms with Gasteiger partial charge in [-0.3, -0.25) is 0 Å². The van der Waals surface area contributed by atoms with Crippen LogP contribution in [0.25, 0.3) is 5.88 Å². The fraction of sp³-hybridized carbons (Fsp3) is 0. The van der Waals surface area contributed by atoms with Gasteiger partial charge in [0.05, 0.1) is 0 Å². The first-order chi connectivity index (χ1) is 4.30. The molecule has 1 N–H and O–H groups in total. The SMILES string of the molecule is C=C(O)[n+]1ccccc1. The monoisotopic (exact) mass is 122 g/mol. The lowest BCUT2D eigenvalue weighted by Crippen LogP contribution is -2.29. The van der Waals surface area contributed by atoms with Crippen LogP contribution in [0.1, 0.15) is 0 Å². The molecule has 0 fully saturated rings. The third kappa shape index (κ3) is 1.29. The molecule has 0 saturated heterocycles. The van der Waals surface area contributed by atoms with Gasteiger partial charge < -0.3 is 5.11 Å². The Labute approximate surface area is 53.7 Å². The lowest BCUT2D eigenvalue weighted by atomic mass is 10.5. The van der Waals surface area contributed by atoms with Crippen molar-refractivity contribution in [3.8, 4) is 0 Å². The van der Waals surface area contributed by atoms with Crippen molar-refractivity contribution in [3.05, 3.63) is 37.2 Å². The number of rotatable bonds is 1. The van der Waals surface area contributed by atoms with Gasteiger partial charge in [-0.15, -0.1) is 4.57 Å². The Morgan fingerprint density at radius 3 is 2.11 bits per heavy atom. The number of aromatic nitrogens is 1. The maximum atomic E-state index is 8.79. The molecule has 1 aromatic heterocycles. The van der Waals surface area contributed by atoms with E-state index in [1.165, 1.54) is 4.57 Å². The molecule has 0 radical (unpaired) electrons. The van der Waals surface area contributed by atoms with Crippen molar-refractivity contribution >= 4 is 5.88 Å². The molecule has 46 valence electrons. The van der Waals surface area contributed by atoms with Gasteiger partial charge >= 0.3 is 5.88 Å². The summed E-state index contributed by atoms with van der Waals surface area (Å²) in [5, 5.41) is 8.79. The minimum atomic E-state index is 0.0376. The lowest BCUT2D eigenvalue weighted by Gasteiger charge is -1.86. The second-order valence-corrected chi connectivity index (χ2v) is 1.70. The molecule has 9 heavy (non-hydrogen) atoms. The summed E-state index contributed by atoms with van der Waals surface area (Å²) in [6, 6.07) is 5.52. The molecule has 0 aliphatic carbocycles. The zero-order valence-corrected chi connectivity index (χ0v) is 4.99. The van der Waals surface area contributed by atoms with Crippen LogP contribution in [0.5, 0.6) is 0 Å². The van der Waals surface area contributed by atoms with E-state index in [1.807, 2.05) is 18.2 Å². The summed E-state index contributed by atoms with van der Waals surface area (Å²) in [6.07, 6.45) is 3.45. The number of aliphatic hydroxyl groups excluding tert-OH is 1. The average Bonchev–Trinajstić information content (AvgIpc) is 1.90. The Morgan fingerprint density at radius 2 is 1.78 bits per heavy atom. The quantitative estimate of drug-likeness (QED) is 0.435. The molecule has 1 rings (SSSR count). The van der Waals surface area contributed by atoms with Crippen molar-refractivity contribution in [3.63, 3.8) is 0 Å². The first-order valence-corrected chi connectivity index (χ1v) is 2.65. The predicted molar refractivity (Wildman–Crippen MR) is 34.6 cm³/mol. The molecule has 0 aromatic carbocycles. The molecule has 0 aliphatic heterocycles. The fourth-order valence-corrected chi connectivity index (χ4v) is 0.571. The second-order valence-electron chi connectivity index (χ2n) is 1.70. The van der Waals surface area contributed by atoms with Crippen LogP contribution in [-0.4, -0.2) is 5.11 Å². The van der Waals surface area contributed by atoms with Gasteiger partial charge in [0, 0.05) is 18.7 Å². The highest BCUT2D eigenvalue weighted by Gasteiger charge is 1.97. The summed E-state index contributed by atoms with van der Waals surface area (Å²) in [6.45, 7) is 3.34. The Hall–Kier alpha value is -1.31. The van der Waals surface area contributed by atoms with Gasteiger partial charge in [0.1, 0.15) is 0 Å². The predicted octanol–water partition coefficient (Wildman–Crippen LogP) is 0.960. The molecule has 2 heteroatoms. The normalized spacial score (nSPS) is 8.89. The third-order valence-corrected chi connectivity index (χ3v) is 1.01. The van der Waals surface area contributed by atoms with Crippen molar-refractivity contribution in [2.24, 2.45) is 0 Å². The van der Waals surface area contributed by atoms with Gasteiger partial charge in [-0.2, -0.15) is 0 Å². The van der Waals surface area contributed by atoms with E-state index in [0.29, 0.717) is 0 Å². The standard InChI is InChI=1S/C7H7NO/c1-7(9)8-5-3-2-4-6-8/h2-6H,1H2/p+1. The minimum Gasteiger partial charge on any atom is -0.460 e. The van der Waals surface area contributed by atoms with Crippen LogP contribution in [0.3, 0.4) is 0 Å². The Balaban J connectivity index is 2.98. The summed E-state index contributed by atoms with van der Waals surface area (Å²) in [4.78, 5) is 0. The number of hydrogen-bond donors (Lipinski definition) is 1. The van der Waals surface area contributed by atoms with Gasteiger partial charge in [0.15, 0.2) is 12.4 Å². The first-order valence-electron chi connectivity index (χ1n) is 2.65. The van der Waals surface area contributed by atoms with Gasteiger partial charge in [0.25, 0.3) is 0 Å². The summed E-state index contributed by atoms with van der Waals surface area (Å²) < 4.78 is 1.53. The zero-order valence-electron chi connectivity index (χ0n) is 4.99. The van der Waals surface area contributed by atoms with Crippen LogP contribution in [0.2, 0.25) is 0 Å². The van der Waals surface area contributed by atoms with E-state index in [9.17, 15) is 0 Å². The maximum absolute atomic E-state index is 8.79. The fourth-order valence-electron chi connectivity index (χ4n) is 0.571. The number of aliphatic hydroxyl groups is 1. The Kier molecular flexibility index (Phi) is 1.49. The third-order valence-electron chi connectivity index (χ3n) is 1.01. The largest absolute Gasteiger partial charge is 0.460 e. The van der Waals surface area contributed by atoms with Crippen LogP contribution in [0, 0.1) is 0 Å². The first kappa shape index (κ1) is 5.82. The molecule has 0 atom stereocenters. The Morgan fingerprint density at radius 1 is 1.22 bits per heavy atom. The minimum absolute atomic E-state index is 0.0376. The topological polar surface area (TPSA) is 24.1 Å². The molecular formula is C7H8NO+. The molecular weight excluding hydrogens is 114 g/mol. The van der Waals surface area contributed by atoms with Gasteiger partial charge in [-0.05, 0) is 0 Å². The van der Waals surface area contributed by atoms with Crippen molar-refractivity contribution in [2.75, 3.05) is 0 Å². The highest BCUT2D eigenvalue weighted by molar-refractivity contribution is 5.11. The summed E-state index contributed by atoms with van der Waals surface area (Å²) in [5.74, 6) is 0.0376. The van der Waals surface area contributed by atoms with Crippen LogP contribution in [-0.2, 0) is 0 Å². The van der Waals surface area contributed by atoms with E-state index in [1.54, 1.807) is 12.4 Å². The molecule has 0 spiro atoms. The average molecular weight is 122 g/mol.